The van der Waals surface area contributed by atoms with Gasteiger partial charge in [-0.3, -0.25) is 14.2 Å². The number of carbonyl (C=O) groups is 2. The van der Waals surface area contributed by atoms with E-state index in [0.717, 1.165) is 57.8 Å². The van der Waals surface area contributed by atoms with Gasteiger partial charge in [0.2, 0.25) is 5.91 Å². The molecule has 0 saturated carbocycles. The van der Waals surface area contributed by atoms with Gasteiger partial charge in [-0.15, -0.1) is 0 Å². The van der Waals surface area contributed by atoms with Crippen LogP contribution in [-0.2, 0) is 27.9 Å². The molecule has 1 N–H and O–H groups in total. The van der Waals surface area contributed by atoms with Crippen LogP contribution in [0.4, 0.5) is 0 Å². The molecule has 1 amide bonds. The molecule has 0 saturated heterocycles. The molecule has 10 heteroatoms. The van der Waals surface area contributed by atoms with Crippen LogP contribution >= 0.6 is 7.82 Å². The topological polar surface area (TPSA) is 114 Å². The summed E-state index contributed by atoms with van der Waals surface area (Å²) in [6, 6.07) is -0.887. The molecule has 0 fully saturated rings. The summed E-state index contributed by atoms with van der Waals surface area (Å²) < 4.78 is 30.3. The van der Waals surface area contributed by atoms with Gasteiger partial charge in [0.25, 0.3) is 7.82 Å². The Balaban J connectivity index is 5.16. The molecule has 0 aromatic carbocycles. The third-order valence-electron chi connectivity index (χ3n) is 14.5. The van der Waals surface area contributed by atoms with Crippen molar-refractivity contribution >= 4 is 19.7 Å². The van der Waals surface area contributed by atoms with Crippen LogP contribution in [0.3, 0.4) is 0 Å². The van der Waals surface area contributed by atoms with Crippen LogP contribution in [0.2, 0.25) is 0 Å². The Labute approximate surface area is 466 Å². The number of nitrogens with one attached hydrogen (secondary N) is 1. The van der Waals surface area contributed by atoms with Gasteiger partial charge in [0, 0.05) is 12.8 Å². The zero-order chi connectivity index (χ0) is 55.0. The fraction of sp³-hybridized carbons (Fsp3) is 0.877. The highest BCUT2D eigenvalue weighted by molar-refractivity contribution is 7.45. The summed E-state index contributed by atoms with van der Waals surface area (Å²) in [4.78, 5) is 40.0. The lowest BCUT2D eigenvalue weighted by molar-refractivity contribution is -0.870. The summed E-state index contributed by atoms with van der Waals surface area (Å²) in [5.74, 6) is -0.534. The first-order valence-corrected chi connectivity index (χ1v) is 33.8. The molecule has 3 unspecified atom stereocenters. The summed E-state index contributed by atoms with van der Waals surface area (Å²) in [6.07, 6.45) is 66.8. The van der Waals surface area contributed by atoms with E-state index in [9.17, 15) is 19.0 Å². The average Bonchev–Trinajstić information content (AvgIpc) is 3.37. The molecule has 0 spiro atoms. The van der Waals surface area contributed by atoms with Gasteiger partial charge in [0.1, 0.15) is 19.3 Å². The zero-order valence-corrected chi connectivity index (χ0v) is 51.4. The number of amides is 1. The Morgan fingerprint density at radius 2 is 0.773 bits per heavy atom. The molecule has 0 aromatic heterocycles. The predicted octanol–water partition coefficient (Wildman–Crippen LogP) is 19.3. The SMILES string of the molecule is CCCCCCCC/C=C/CCCCCCCCCCCC(=O)NC(COP(=O)([O-])OCC[N+](C)(C)C)C(/C=C/CCCCCCCCCCC)OC(=O)CCCCCCCCCCC/C=C/CCCCCCCC. The highest BCUT2D eigenvalue weighted by atomic mass is 31.2. The van der Waals surface area contributed by atoms with Crippen molar-refractivity contribution in [1.29, 1.82) is 0 Å². The number of phosphoric ester groups is 1. The minimum Gasteiger partial charge on any atom is -0.756 e. The van der Waals surface area contributed by atoms with Gasteiger partial charge < -0.3 is 28.5 Å². The van der Waals surface area contributed by atoms with Crippen LogP contribution in [-0.4, -0.2) is 69.4 Å². The average molecular weight is 1080 g/mol. The fourth-order valence-electron chi connectivity index (χ4n) is 9.51. The van der Waals surface area contributed by atoms with Gasteiger partial charge in [0.05, 0.1) is 33.8 Å². The standard InChI is InChI=1S/C65H125N2O7P/c1-7-10-13-16-19-22-25-27-29-31-33-35-37-39-42-45-48-51-54-57-64(68)66-62(61-73-75(70,71)72-60-59-67(4,5)6)63(56-53-50-47-44-41-24-21-18-15-12-9-3)74-65(69)58-55-52-49-46-43-40-38-36-34-32-30-28-26-23-20-17-14-11-8-2/h27-30,53,56,62-63H,7-26,31-52,54-55,57-61H2,1-6H3,(H-,66,68,70,71)/b29-27+,30-28+,56-53+. The Kier molecular flexibility index (Phi) is 54.2. The van der Waals surface area contributed by atoms with Crippen molar-refractivity contribution in [3.05, 3.63) is 36.5 Å². The van der Waals surface area contributed by atoms with E-state index < -0.39 is 20.0 Å². The first-order valence-electron chi connectivity index (χ1n) is 32.3. The largest absolute Gasteiger partial charge is 0.756 e. The minimum absolute atomic E-state index is 0.0212. The zero-order valence-electron chi connectivity index (χ0n) is 50.5. The highest BCUT2D eigenvalue weighted by Gasteiger charge is 2.27. The molecule has 0 rings (SSSR count). The van der Waals surface area contributed by atoms with E-state index in [4.69, 9.17) is 13.8 Å². The summed E-state index contributed by atoms with van der Waals surface area (Å²) in [6.45, 7) is 6.86. The molecule has 3 atom stereocenters. The summed E-state index contributed by atoms with van der Waals surface area (Å²) >= 11 is 0. The number of allylic oxidation sites excluding steroid dienone is 5. The number of quaternary nitrogens is 1. The van der Waals surface area contributed by atoms with E-state index in [2.05, 4.69) is 50.4 Å². The van der Waals surface area contributed by atoms with E-state index in [1.807, 2.05) is 33.3 Å². The van der Waals surface area contributed by atoms with Crippen molar-refractivity contribution in [3.8, 4) is 0 Å². The van der Waals surface area contributed by atoms with E-state index in [1.54, 1.807) is 0 Å². The Morgan fingerprint density at radius 1 is 0.453 bits per heavy atom. The minimum atomic E-state index is -4.70. The lowest BCUT2D eigenvalue weighted by atomic mass is 10.0. The summed E-state index contributed by atoms with van der Waals surface area (Å²) in [5, 5.41) is 3.03. The van der Waals surface area contributed by atoms with Crippen molar-refractivity contribution in [1.82, 2.24) is 5.32 Å². The second-order valence-corrected chi connectivity index (χ2v) is 24.7. The van der Waals surface area contributed by atoms with Crippen molar-refractivity contribution in [2.45, 2.75) is 328 Å². The lowest BCUT2D eigenvalue weighted by Gasteiger charge is -2.30. The van der Waals surface area contributed by atoms with E-state index >= 15 is 0 Å². The van der Waals surface area contributed by atoms with E-state index in [1.165, 1.54) is 225 Å². The molecule has 75 heavy (non-hydrogen) atoms. The Bertz CT molecular complexity index is 1380. The number of rotatable bonds is 59. The first-order chi connectivity index (χ1) is 36.4. The number of hydrogen-bond donors (Lipinski definition) is 1. The molecule has 442 valence electrons. The quantitative estimate of drug-likeness (QED) is 0.0212. The highest BCUT2D eigenvalue weighted by Crippen LogP contribution is 2.38. The number of nitrogens with zero attached hydrogens (tertiary/aromatic N) is 1. The van der Waals surface area contributed by atoms with Crippen molar-refractivity contribution in [2.75, 3.05) is 40.9 Å². The number of phosphoric acid groups is 1. The molecule has 0 aromatic rings. The van der Waals surface area contributed by atoms with Gasteiger partial charge in [-0.05, 0) is 83.1 Å². The normalized spacial score (nSPS) is 13.9. The molecule has 0 bridgehead atoms. The number of hydrogen-bond acceptors (Lipinski definition) is 7. The van der Waals surface area contributed by atoms with E-state index in [-0.39, 0.29) is 31.5 Å². The Hall–Kier alpha value is -1.77. The van der Waals surface area contributed by atoms with Gasteiger partial charge >= 0.3 is 5.97 Å². The summed E-state index contributed by atoms with van der Waals surface area (Å²) in [5.41, 5.74) is 0. The maximum absolute atomic E-state index is 13.5. The number of unbranched alkanes of at least 4 members (excludes halogenated alkanes) is 39. The molecular formula is C65H125N2O7P. The Morgan fingerprint density at radius 3 is 1.13 bits per heavy atom. The second-order valence-electron chi connectivity index (χ2n) is 23.3. The van der Waals surface area contributed by atoms with Gasteiger partial charge in [0.15, 0.2) is 0 Å². The third-order valence-corrected chi connectivity index (χ3v) is 15.5. The molecule has 0 aliphatic rings. The molecule has 9 nitrogen and oxygen atoms in total. The maximum Gasteiger partial charge on any atom is 0.306 e. The predicted molar refractivity (Wildman–Crippen MR) is 321 cm³/mol. The smallest absolute Gasteiger partial charge is 0.306 e. The van der Waals surface area contributed by atoms with Gasteiger partial charge in [-0.1, -0.05) is 257 Å². The number of carbonyl (C=O) groups excluding carboxylic acids is 2. The third kappa shape index (κ3) is 56.8. The first kappa shape index (κ1) is 73.2. The van der Waals surface area contributed by atoms with Crippen LogP contribution in [0, 0.1) is 0 Å². The van der Waals surface area contributed by atoms with Crippen LogP contribution in [0.15, 0.2) is 36.5 Å². The number of likely N-dealkylation sites (N-methyl/N-ethyl adjacent to an activating group) is 1. The van der Waals surface area contributed by atoms with Crippen LogP contribution < -0.4 is 10.2 Å². The second kappa shape index (κ2) is 55.5. The molecular weight excluding hydrogens is 952 g/mol. The van der Waals surface area contributed by atoms with Gasteiger partial charge in [-0.25, -0.2) is 0 Å². The monoisotopic (exact) mass is 1080 g/mol. The van der Waals surface area contributed by atoms with Crippen molar-refractivity contribution in [3.63, 3.8) is 0 Å². The van der Waals surface area contributed by atoms with E-state index in [0.29, 0.717) is 17.4 Å². The van der Waals surface area contributed by atoms with Gasteiger partial charge in [-0.2, -0.15) is 0 Å². The van der Waals surface area contributed by atoms with Crippen LogP contribution in [0.25, 0.3) is 0 Å². The summed E-state index contributed by atoms with van der Waals surface area (Å²) in [7, 11) is 1.19. The van der Waals surface area contributed by atoms with Crippen molar-refractivity contribution in [2.24, 2.45) is 0 Å². The molecule has 0 heterocycles. The van der Waals surface area contributed by atoms with Crippen LogP contribution in [0.5, 0.6) is 0 Å². The number of esters is 1. The fourth-order valence-corrected chi connectivity index (χ4v) is 10.2. The maximum atomic E-state index is 13.5. The molecule has 0 aliphatic heterocycles. The molecule has 0 aliphatic carbocycles. The number of ether oxygens (including phenoxy) is 1. The van der Waals surface area contributed by atoms with Crippen LogP contribution in [0.1, 0.15) is 316 Å². The van der Waals surface area contributed by atoms with Crippen molar-refractivity contribution < 1.29 is 37.3 Å². The molecule has 0 radical (unpaired) electrons. The lowest BCUT2D eigenvalue weighted by Crippen LogP contribution is -2.47.